The van der Waals surface area contributed by atoms with Crippen molar-refractivity contribution in [2.24, 2.45) is 0 Å². The highest BCUT2D eigenvalue weighted by Gasteiger charge is 2.16. The van der Waals surface area contributed by atoms with E-state index in [1.54, 1.807) is 57.2 Å². The minimum absolute atomic E-state index is 0.182. The summed E-state index contributed by atoms with van der Waals surface area (Å²) in [6, 6.07) is 15.8. The Bertz CT molecular complexity index is 674. The lowest BCUT2D eigenvalue weighted by molar-refractivity contribution is 0.0635. The Hall–Kier alpha value is -2.82. The van der Waals surface area contributed by atoms with Crippen molar-refractivity contribution in [1.82, 2.24) is 0 Å². The van der Waals surface area contributed by atoms with Crippen molar-refractivity contribution < 1.29 is 14.3 Å². The molecule has 0 spiro atoms. The predicted molar refractivity (Wildman–Crippen MR) is 90.7 cm³/mol. The third kappa shape index (κ3) is 5.47. The molecule has 0 unspecified atom stereocenters. The van der Waals surface area contributed by atoms with Crippen LogP contribution in [0.1, 0.15) is 31.1 Å². The number of nitrogens with one attached hydrogen (secondary N) is 2. The van der Waals surface area contributed by atoms with Crippen LogP contribution in [0, 0.1) is 0 Å². The van der Waals surface area contributed by atoms with Crippen LogP contribution in [0.15, 0.2) is 54.6 Å². The van der Waals surface area contributed by atoms with Gasteiger partial charge in [-0.25, -0.2) is 4.79 Å². The summed E-state index contributed by atoms with van der Waals surface area (Å²) in [7, 11) is 0. The predicted octanol–water partition coefficient (Wildman–Crippen LogP) is 4.29. The number of carbonyl (C=O) groups is 2. The zero-order valence-corrected chi connectivity index (χ0v) is 13.4. The van der Waals surface area contributed by atoms with E-state index in [0.29, 0.717) is 16.9 Å². The van der Waals surface area contributed by atoms with E-state index in [9.17, 15) is 9.59 Å². The molecule has 0 fully saturated rings. The van der Waals surface area contributed by atoms with Gasteiger partial charge in [-0.2, -0.15) is 0 Å². The maximum Gasteiger partial charge on any atom is 0.412 e. The molecule has 23 heavy (non-hydrogen) atoms. The third-order valence-electron chi connectivity index (χ3n) is 2.82. The van der Waals surface area contributed by atoms with Crippen molar-refractivity contribution in [2.45, 2.75) is 26.4 Å². The van der Waals surface area contributed by atoms with Gasteiger partial charge < -0.3 is 10.1 Å². The second-order valence-corrected chi connectivity index (χ2v) is 6.02. The molecule has 2 aromatic rings. The van der Waals surface area contributed by atoms with Gasteiger partial charge in [0.25, 0.3) is 5.91 Å². The standard InChI is InChI=1S/C18H20N2O3/c1-18(2,3)23-17(22)20-15-11-9-14(10-12-15)19-16(21)13-7-5-4-6-8-13/h4-12H,1-3H3,(H,19,21)(H,20,22). The first-order valence-corrected chi connectivity index (χ1v) is 7.30. The Morgan fingerprint density at radius 2 is 1.35 bits per heavy atom. The summed E-state index contributed by atoms with van der Waals surface area (Å²) in [4.78, 5) is 23.7. The summed E-state index contributed by atoms with van der Waals surface area (Å²) in [5, 5.41) is 5.43. The van der Waals surface area contributed by atoms with Crippen LogP contribution < -0.4 is 10.6 Å². The van der Waals surface area contributed by atoms with Gasteiger partial charge in [-0.15, -0.1) is 0 Å². The lowest BCUT2D eigenvalue weighted by atomic mass is 10.2. The van der Waals surface area contributed by atoms with Gasteiger partial charge in [-0.3, -0.25) is 10.1 Å². The molecule has 2 aromatic carbocycles. The Kier molecular flexibility index (Phi) is 5.01. The van der Waals surface area contributed by atoms with E-state index >= 15 is 0 Å². The summed E-state index contributed by atoms with van der Waals surface area (Å²) < 4.78 is 5.17. The number of hydrogen-bond acceptors (Lipinski definition) is 3. The van der Waals surface area contributed by atoms with Crippen molar-refractivity contribution in [2.75, 3.05) is 10.6 Å². The summed E-state index contributed by atoms with van der Waals surface area (Å²) in [6.07, 6.45) is -0.515. The van der Waals surface area contributed by atoms with Gasteiger partial charge >= 0.3 is 6.09 Å². The van der Waals surface area contributed by atoms with Crippen LogP contribution in [0.3, 0.4) is 0 Å². The maximum absolute atomic E-state index is 12.0. The molecule has 0 heterocycles. The molecule has 0 saturated heterocycles. The van der Waals surface area contributed by atoms with Gasteiger partial charge in [0.2, 0.25) is 0 Å². The number of anilines is 2. The number of rotatable bonds is 3. The molecule has 5 nitrogen and oxygen atoms in total. The van der Waals surface area contributed by atoms with Crippen LogP contribution in [-0.2, 0) is 4.74 Å². The van der Waals surface area contributed by atoms with Crippen molar-refractivity contribution >= 4 is 23.4 Å². The molecular formula is C18H20N2O3. The van der Waals surface area contributed by atoms with E-state index in [1.807, 2.05) is 18.2 Å². The summed E-state index contributed by atoms with van der Waals surface area (Å²) in [5.74, 6) is -0.182. The lowest BCUT2D eigenvalue weighted by Crippen LogP contribution is -2.27. The van der Waals surface area contributed by atoms with E-state index in [1.165, 1.54) is 0 Å². The topological polar surface area (TPSA) is 67.4 Å². The SMILES string of the molecule is CC(C)(C)OC(=O)Nc1ccc(NC(=O)c2ccccc2)cc1. The monoisotopic (exact) mass is 312 g/mol. The van der Waals surface area contributed by atoms with E-state index in [0.717, 1.165) is 0 Å². The first kappa shape index (κ1) is 16.5. The number of amides is 2. The fourth-order valence-electron chi connectivity index (χ4n) is 1.85. The summed E-state index contributed by atoms with van der Waals surface area (Å²) >= 11 is 0. The number of carbonyl (C=O) groups excluding carboxylic acids is 2. The molecule has 120 valence electrons. The molecule has 2 amide bonds. The molecular weight excluding hydrogens is 292 g/mol. The van der Waals surface area contributed by atoms with Crippen LogP contribution in [0.4, 0.5) is 16.2 Å². The zero-order chi connectivity index (χ0) is 16.9. The minimum Gasteiger partial charge on any atom is -0.444 e. The van der Waals surface area contributed by atoms with Crippen LogP contribution in [-0.4, -0.2) is 17.6 Å². The normalized spacial score (nSPS) is 10.7. The first-order chi connectivity index (χ1) is 10.8. The first-order valence-electron chi connectivity index (χ1n) is 7.30. The molecule has 5 heteroatoms. The molecule has 0 saturated carbocycles. The molecule has 0 bridgehead atoms. The van der Waals surface area contributed by atoms with Crippen LogP contribution >= 0.6 is 0 Å². The van der Waals surface area contributed by atoms with Gasteiger partial charge in [0, 0.05) is 16.9 Å². The van der Waals surface area contributed by atoms with E-state index < -0.39 is 11.7 Å². The number of hydrogen-bond donors (Lipinski definition) is 2. The van der Waals surface area contributed by atoms with Gasteiger partial charge in [0.1, 0.15) is 5.60 Å². The fourth-order valence-corrected chi connectivity index (χ4v) is 1.85. The van der Waals surface area contributed by atoms with Gasteiger partial charge in [0.05, 0.1) is 0 Å². The molecule has 2 N–H and O–H groups in total. The van der Waals surface area contributed by atoms with E-state index in [2.05, 4.69) is 10.6 Å². The molecule has 0 aliphatic rings. The van der Waals surface area contributed by atoms with Gasteiger partial charge in [-0.05, 0) is 57.2 Å². The smallest absolute Gasteiger partial charge is 0.412 e. The maximum atomic E-state index is 12.0. The second kappa shape index (κ2) is 6.96. The molecule has 0 atom stereocenters. The average Bonchev–Trinajstić information content (AvgIpc) is 2.48. The quantitative estimate of drug-likeness (QED) is 0.888. The molecule has 0 radical (unpaired) electrons. The zero-order valence-electron chi connectivity index (χ0n) is 13.4. The average molecular weight is 312 g/mol. The molecule has 2 rings (SSSR count). The van der Waals surface area contributed by atoms with Crippen LogP contribution in [0.5, 0.6) is 0 Å². The Morgan fingerprint density at radius 3 is 1.87 bits per heavy atom. The van der Waals surface area contributed by atoms with Crippen molar-refractivity contribution in [3.05, 3.63) is 60.2 Å². The van der Waals surface area contributed by atoms with Crippen LogP contribution in [0.2, 0.25) is 0 Å². The highest BCUT2D eigenvalue weighted by Crippen LogP contribution is 2.16. The van der Waals surface area contributed by atoms with Crippen LogP contribution in [0.25, 0.3) is 0 Å². The van der Waals surface area contributed by atoms with Crippen molar-refractivity contribution in [3.8, 4) is 0 Å². The van der Waals surface area contributed by atoms with Crippen molar-refractivity contribution in [1.29, 1.82) is 0 Å². The highest BCUT2D eigenvalue weighted by atomic mass is 16.6. The molecule has 0 aliphatic heterocycles. The Labute approximate surface area is 135 Å². The summed E-state index contributed by atoms with van der Waals surface area (Å²) in [5.41, 5.74) is 1.28. The van der Waals surface area contributed by atoms with Gasteiger partial charge in [0.15, 0.2) is 0 Å². The Balaban J connectivity index is 1.95. The Morgan fingerprint density at radius 1 is 0.826 bits per heavy atom. The lowest BCUT2D eigenvalue weighted by Gasteiger charge is -2.19. The molecule has 0 aliphatic carbocycles. The third-order valence-corrected chi connectivity index (χ3v) is 2.82. The fraction of sp³-hybridized carbons (Fsp3) is 0.222. The highest BCUT2D eigenvalue weighted by molar-refractivity contribution is 6.04. The second-order valence-electron chi connectivity index (χ2n) is 6.02. The number of ether oxygens (including phenoxy) is 1. The number of benzene rings is 2. The minimum atomic E-state index is -0.548. The van der Waals surface area contributed by atoms with Crippen molar-refractivity contribution in [3.63, 3.8) is 0 Å². The summed E-state index contributed by atoms with van der Waals surface area (Å²) in [6.45, 7) is 5.40. The van der Waals surface area contributed by atoms with Gasteiger partial charge in [-0.1, -0.05) is 18.2 Å². The molecule has 0 aromatic heterocycles. The largest absolute Gasteiger partial charge is 0.444 e. The van der Waals surface area contributed by atoms with E-state index in [4.69, 9.17) is 4.74 Å². The van der Waals surface area contributed by atoms with E-state index in [-0.39, 0.29) is 5.91 Å².